The maximum atomic E-state index is 12.3. The minimum absolute atomic E-state index is 0.119. The van der Waals surface area contributed by atoms with Crippen molar-refractivity contribution in [1.82, 2.24) is 4.72 Å². The maximum absolute atomic E-state index is 12.3. The summed E-state index contributed by atoms with van der Waals surface area (Å²) in [4.78, 5) is 0.225. The Kier molecular flexibility index (Phi) is 4.15. The highest BCUT2D eigenvalue weighted by atomic mass is 32.2. The number of sulfonamides is 1. The lowest BCUT2D eigenvalue weighted by molar-refractivity contribution is 0.475. The molecule has 1 aromatic heterocycles. The van der Waals surface area contributed by atoms with Crippen LogP contribution in [0.3, 0.4) is 0 Å². The van der Waals surface area contributed by atoms with Crippen molar-refractivity contribution in [3.8, 4) is 0 Å². The van der Waals surface area contributed by atoms with Gasteiger partial charge in [-0.2, -0.15) is 0 Å². The van der Waals surface area contributed by atoms with Crippen LogP contribution in [0.25, 0.3) is 0 Å². The number of nitrogens with one attached hydrogen (secondary N) is 1. The molecule has 0 aliphatic rings. The summed E-state index contributed by atoms with van der Waals surface area (Å²) in [5, 5.41) is 0. The molecular weight excluding hydrogens is 276 g/mol. The van der Waals surface area contributed by atoms with Crippen LogP contribution < -0.4 is 10.5 Å². The highest BCUT2D eigenvalue weighted by molar-refractivity contribution is 7.89. The second kappa shape index (κ2) is 5.68. The van der Waals surface area contributed by atoms with Crippen LogP contribution in [0, 0.1) is 6.92 Å². The second-order valence-electron chi connectivity index (χ2n) is 4.56. The third-order valence-corrected chi connectivity index (χ3v) is 4.48. The van der Waals surface area contributed by atoms with Gasteiger partial charge in [-0.05, 0) is 43.2 Å². The molecule has 108 valence electrons. The Morgan fingerprint density at radius 3 is 2.60 bits per heavy atom. The minimum Gasteiger partial charge on any atom is -0.465 e. The SMILES string of the molecule is CCc1ccc(N)cc1S(=O)(=O)NCc1ccc(C)o1. The zero-order chi connectivity index (χ0) is 14.8. The molecule has 0 aliphatic carbocycles. The van der Waals surface area contributed by atoms with Gasteiger partial charge in [-0.3, -0.25) is 0 Å². The highest BCUT2D eigenvalue weighted by Gasteiger charge is 2.18. The predicted octanol–water partition coefficient (Wildman–Crippen LogP) is 2.21. The van der Waals surface area contributed by atoms with Crippen molar-refractivity contribution in [1.29, 1.82) is 0 Å². The van der Waals surface area contributed by atoms with Crippen LogP contribution in [0.1, 0.15) is 24.0 Å². The Labute approximate surface area is 118 Å². The van der Waals surface area contributed by atoms with Crippen molar-refractivity contribution in [3.05, 3.63) is 47.4 Å². The van der Waals surface area contributed by atoms with Crippen LogP contribution >= 0.6 is 0 Å². The number of anilines is 1. The lowest BCUT2D eigenvalue weighted by Gasteiger charge is -2.10. The van der Waals surface area contributed by atoms with Gasteiger partial charge >= 0.3 is 0 Å². The van der Waals surface area contributed by atoms with E-state index in [-0.39, 0.29) is 11.4 Å². The first kappa shape index (κ1) is 14.6. The molecule has 0 saturated carbocycles. The molecule has 2 aromatic rings. The van der Waals surface area contributed by atoms with E-state index in [1.54, 1.807) is 24.3 Å². The Hall–Kier alpha value is -1.79. The van der Waals surface area contributed by atoms with E-state index in [2.05, 4.69) is 4.72 Å². The van der Waals surface area contributed by atoms with E-state index in [9.17, 15) is 8.42 Å². The summed E-state index contributed by atoms with van der Waals surface area (Å²) in [7, 11) is -3.60. The van der Waals surface area contributed by atoms with E-state index >= 15 is 0 Å². The molecule has 0 unspecified atom stereocenters. The number of rotatable bonds is 5. The smallest absolute Gasteiger partial charge is 0.241 e. The average molecular weight is 294 g/mol. The summed E-state index contributed by atoms with van der Waals surface area (Å²) < 4.78 is 32.5. The van der Waals surface area contributed by atoms with Gasteiger partial charge in [0.1, 0.15) is 11.5 Å². The van der Waals surface area contributed by atoms with E-state index in [1.165, 1.54) is 6.07 Å². The average Bonchev–Trinajstić information content (AvgIpc) is 2.82. The minimum atomic E-state index is -3.60. The van der Waals surface area contributed by atoms with Crippen molar-refractivity contribution in [2.45, 2.75) is 31.7 Å². The Morgan fingerprint density at radius 2 is 2.00 bits per heavy atom. The molecule has 6 heteroatoms. The van der Waals surface area contributed by atoms with Gasteiger partial charge in [0.2, 0.25) is 10.0 Å². The first-order valence-corrected chi connectivity index (χ1v) is 7.84. The number of furan rings is 1. The van der Waals surface area contributed by atoms with Gasteiger partial charge in [0.25, 0.3) is 0 Å². The third-order valence-electron chi connectivity index (χ3n) is 2.99. The van der Waals surface area contributed by atoms with Crippen LogP contribution in [0.2, 0.25) is 0 Å². The number of benzene rings is 1. The van der Waals surface area contributed by atoms with Crippen molar-refractivity contribution >= 4 is 15.7 Å². The van der Waals surface area contributed by atoms with Crippen molar-refractivity contribution in [2.24, 2.45) is 0 Å². The molecule has 0 spiro atoms. The van der Waals surface area contributed by atoms with Crippen LogP contribution in [0.15, 0.2) is 39.6 Å². The molecular formula is C14H18N2O3S. The summed E-state index contributed by atoms with van der Waals surface area (Å²) in [6.45, 7) is 3.83. The lowest BCUT2D eigenvalue weighted by atomic mass is 10.1. The standard InChI is InChI=1S/C14H18N2O3S/c1-3-11-5-6-12(15)8-14(11)20(17,18)16-9-13-7-4-10(2)19-13/h4-8,16H,3,9,15H2,1-2H3. The topological polar surface area (TPSA) is 85.3 Å². The molecule has 0 aliphatic heterocycles. The number of hydrogen-bond acceptors (Lipinski definition) is 4. The quantitative estimate of drug-likeness (QED) is 0.828. The predicted molar refractivity (Wildman–Crippen MR) is 77.7 cm³/mol. The van der Waals surface area contributed by atoms with E-state index in [0.717, 1.165) is 11.3 Å². The Morgan fingerprint density at radius 1 is 1.25 bits per heavy atom. The Bertz CT molecular complexity index is 705. The van der Waals surface area contributed by atoms with Gasteiger partial charge in [-0.25, -0.2) is 13.1 Å². The Balaban J connectivity index is 2.24. The molecule has 3 N–H and O–H groups in total. The van der Waals surface area contributed by atoms with E-state index < -0.39 is 10.0 Å². The normalized spacial score (nSPS) is 11.7. The summed E-state index contributed by atoms with van der Waals surface area (Å²) in [5.41, 5.74) is 6.84. The molecule has 0 atom stereocenters. The van der Waals surface area contributed by atoms with E-state index in [0.29, 0.717) is 17.9 Å². The molecule has 0 fully saturated rings. The molecule has 2 rings (SSSR count). The molecule has 0 bridgehead atoms. The molecule has 1 aromatic carbocycles. The fourth-order valence-electron chi connectivity index (χ4n) is 1.94. The van der Waals surface area contributed by atoms with Gasteiger partial charge in [0.15, 0.2) is 0 Å². The van der Waals surface area contributed by atoms with Crippen molar-refractivity contribution in [3.63, 3.8) is 0 Å². The number of aryl methyl sites for hydroxylation is 2. The first-order valence-electron chi connectivity index (χ1n) is 6.35. The summed E-state index contributed by atoms with van der Waals surface area (Å²) in [6.07, 6.45) is 0.621. The molecule has 0 radical (unpaired) electrons. The van der Waals surface area contributed by atoms with Crippen LogP contribution in [-0.2, 0) is 23.0 Å². The summed E-state index contributed by atoms with van der Waals surface area (Å²) in [5.74, 6) is 1.32. The van der Waals surface area contributed by atoms with Crippen LogP contribution in [0.5, 0.6) is 0 Å². The van der Waals surface area contributed by atoms with Crippen molar-refractivity contribution < 1.29 is 12.8 Å². The maximum Gasteiger partial charge on any atom is 0.241 e. The van der Waals surface area contributed by atoms with E-state index in [4.69, 9.17) is 10.2 Å². The van der Waals surface area contributed by atoms with Gasteiger partial charge in [-0.1, -0.05) is 13.0 Å². The van der Waals surface area contributed by atoms with Gasteiger partial charge in [-0.15, -0.1) is 0 Å². The van der Waals surface area contributed by atoms with Gasteiger partial charge in [0, 0.05) is 5.69 Å². The number of nitrogen functional groups attached to an aromatic ring is 1. The monoisotopic (exact) mass is 294 g/mol. The van der Waals surface area contributed by atoms with Crippen molar-refractivity contribution in [2.75, 3.05) is 5.73 Å². The van der Waals surface area contributed by atoms with Crippen LogP contribution in [-0.4, -0.2) is 8.42 Å². The fourth-order valence-corrected chi connectivity index (χ4v) is 3.27. The largest absolute Gasteiger partial charge is 0.465 e. The van der Waals surface area contributed by atoms with Crippen LogP contribution in [0.4, 0.5) is 5.69 Å². The van der Waals surface area contributed by atoms with Gasteiger partial charge < -0.3 is 10.2 Å². The van der Waals surface area contributed by atoms with Gasteiger partial charge in [0.05, 0.1) is 11.4 Å². The zero-order valence-corrected chi connectivity index (χ0v) is 12.3. The molecule has 20 heavy (non-hydrogen) atoms. The molecule has 0 amide bonds. The highest BCUT2D eigenvalue weighted by Crippen LogP contribution is 2.20. The summed E-state index contributed by atoms with van der Waals surface area (Å²) >= 11 is 0. The molecule has 1 heterocycles. The lowest BCUT2D eigenvalue weighted by Crippen LogP contribution is -2.24. The number of nitrogens with two attached hydrogens (primary N) is 1. The second-order valence-corrected chi connectivity index (χ2v) is 6.29. The molecule has 0 saturated heterocycles. The number of hydrogen-bond donors (Lipinski definition) is 2. The molecule has 5 nitrogen and oxygen atoms in total. The first-order chi connectivity index (χ1) is 9.42. The third kappa shape index (κ3) is 3.20. The van der Waals surface area contributed by atoms with E-state index in [1.807, 2.05) is 13.8 Å². The zero-order valence-electron chi connectivity index (χ0n) is 11.5. The fraction of sp³-hybridized carbons (Fsp3) is 0.286. The summed E-state index contributed by atoms with van der Waals surface area (Å²) in [6, 6.07) is 8.46.